The molecule has 1 aromatic rings. The predicted octanol–water partition coefficient (Wildman–Crippen LogP) is 1.71. The number of hydrogen-bond acceptors (Lipinski definition) is 2. The molecule has 0 heterocycles. The van der Waals surface area contributed by atoms with Crippen LogP contribution in [0.4, 0.5) is 5.69 Å². The van der Waals surface area contributed by atoms with Gasteiger partial charge in [0, 0.05) is 5.02 Å². The lowest BCUT2D eigenvalue weighted by molar-refractivity contribution is 1.01. The Hall–Kier alpha value is -0.970. The fraction of sp³-hybridized carbons (Fsp3) is 0.125. The largest absolute Gasteiger partial charge is 0.369 e. The highest BCUT2D eigenvalue weighted by atomic mass is 35.5. The molecule has 5 N–H and O–H groups in total. The zero-order valence-corrected chi connectivity index (χ0v) is 9.02. The first-order valence-electron chi connectivity index (χ1n) is 3.81. The van der Waals surface area contributed by atoms with E-state index in [-0.39, 0.29) is 5.96 Å². The minimum atomic E-state index is 0.0758. The van der Waals surface area contributed by atoms with Gasteiger partial charge in [0.25, 0.3) is 0 Å². The average molecular weight is 233 g/mol. The molecule has 0 aromatic heterocycles. The SMILES string of the molecule is Cc1cc(Cl)c(N=C(N)NN)cc1Cl. The van der Waals surface area contributed by atoms with Crippen molar-refractivity contribution in [3.05, 3.63) is 27.7 Å². The molecule has 14 heavy (non-hydrogen) atoms. The third-order valence-electron chi connectivity index (χ3n) is 1.62. The maximum absolute atomic E-state index is 5.91. The molecule has 0 saturated carbocycles. The van der Waals surface area contributed by atoms with Crippen LogP contribution >= 0.6 is 23.2 Å². The lowest BCUT2D eigenvalue weighted by atomic mass is 10.2. The van der Waals surface area contributed by atoms with Gasteiger partial charge in [-0.2, -0.15) is 0 Å². The third kappa shape index (κ3) is 2.51. The van der Waals surface area contributed by atoms with Crippen molar-refractivity contribution in [2.24, 2.45) is 16.6 Å². The maximum Gasteiger partial charge on any atom is 0.208 e. The molecule has 0 aliphatic carbocycles. The van der Waals surface area contributed by atoms with Crippen molar-refractivity contribution in [3.8, 4) is 0 Å². The van der Waals surface area contributed by atoms with Crippen molar-refractivity contribution in [1.82, 2.24) is 5.43 Å². The number of hydrogen-bond donors (Lipinski definition) is 3. The number of guanidine groups is 1. The maximum atomic E-state index is 5.91. The molecule has 0 aliphatic rings. The molecule has 6 heteroatoms. The Morgan fingerprint density at radius 3 is 2.57 bits per heavy atom. The third-order valence-corrected chi connectivity index (χ3v) is 2.33. The normalized spacial score (nSPS) is 11.6. The first-order chi connectivity index (χ1) is 6.54. The molecule has 0 unspecified atom stereocenters. The van der Waals surface area contributed by atoms with E-state index in [1.165, 1.54) is 0 Å². The topological polar surface area (TPSA) is 76.4 Å². The summed E-state index contributed by atoms with van der Waals surface area (Å²) in [4.78, 5) is 3.92. The second kappa shape index (κ2) is 4.50. The summed E-state index contributed by atoms with van der Waals surface area (Å²) in [6.07, 6.45) is 0. The van der Waals surface area contributed by atoms with Gasteiger partial charge >= 0.3 is 0 Å². The lowest BCUT2D eigenvalue weighted by Crippen LogP contribution is -2.36. The summed E-state index contributed by atoms with van der Waals surface area (Å²) in [5.41, 5.74) is 8.94. The summed E-state index contributed by atoms with van der Waals surface area (Å²) in [6.45, 7) is 1.85. The first-order valence-corrected chi connectivity index (χ1v) is 4.56. The van der Waals surface area contributed by atoms with Crippen LogP contribution in [0, 0.1) is 6.92 Å². The number of aryl methyl sites for hydroxylation is 1. The molecule has 1 rings (SSSR count). The highest BCUT2D eigenvalue weighted by molar-refractivity contribution is 6.35. The minimum Gasteiger partial charge on any atom is -0.369 e. The van der Waals surface area contributed by atoms with Gasteiger partial charge in [-0.25, -0.2) is 10.8 Å². The highest BCUT2D eigenvalue weighted by Gasteiger charge is 2.03. The van der Waals surface area contributed by atoms with Crippen molar-refractivity contribution in [2.45, 2.75) is 6.92 Å². The quantitative estimate of drug-likeness (QED) is 0.299. The van der Waals surface area contributed by atoms with Crippen LogP contribution in [0.5, 0.6) is 0 Å². The van der Waals surface area contributed by atoms with E-state index in [0.717, 1.165) is 5.56 Å². The van der Waals surface area contributed by atoms with Gasteiger partial charge in [0.05, 0.1) is 10.7 Å². The number of nitrogens with zero attached hydrogens (tertiary/aromatic N) is 1. The lowest BCUT2D eigenvalue weighted by Gasteiger charge is -2.04. The highest BCUT2D eigenvalue weighted by Crippen LogP contribution is 2.30. The Morgan fingerprint density at radius 1 is 1.36 bits per heavy atom. The van der Waals surface area contributed by atoms with E-state index in [1.807, 2.05) is 6.92 Å². The minimum absolute atomic E-state index is 0.0758. The molecule has 0 radical (unpaired) electrons. The number of hydrazine groups is 1. The Bertz CT molecular complexity index is 376. The van der Waals surface area contributed by atoms with E-state index >= 15 is 0 Å². The van der Waals surface area contributed by atoms with Crippen LogP contribution < -0.4 is 17.0 Å². The molecule has 0 aliphatic heterocycles. The zero-order chi connectivity index (χ0) is 10.7. The number of rotatable bonds is 1. The second-order valence-corrected chi connectivity index (χ2v) is 3.51. The van der Waals surface area contributed by atoms with Crippen LogP contribution in [0.15, 0.2) is 17.1 Å². The van der Waals surface area contributed by atoms with E-state index < -0.39 is 0 Å². The van der Waals surface area contributed by atoms with Crippen LogP contribution in [-0.4, -0.2) is 5.96 Å². The van der Waals surface area contributed by atoms with Crippen LogP contribution in [0.3, 0.4) is 0 Å². The molecule has 1 aromatic carbocycles. The predicted molar refractivity (Wildman–Crippen MR) is 59.8 cm³/mol. The molecule has 0 fully saturated rings. The summed E-state index contributed by atoms with van der Waals surface area (Å²) < 4.78 is 0. The Balaban J connectivity index is 3.16. The van der Waals surface area contributed by atoms with Crippen molar-refractivity contribution < 1.29 is 0 Å². The fourth-order valence-corrected chi connectivity index (χ4v) is 1.30. The Kier molecular flexibility index (Phi) is 3.57. The van der Waals surface area contributed by atoms with Gasteiger partial charge in [-0.1, -0.05) is 23.2 Å². The zero-order valence-electron chi connectivity index (χ0n) is 7.51. The van der Waals surface area contributed by atoms with Crippen molar-refractivity contribution in [1.29, 1.82) is 0 Å². The van der Waals surface area contributed by atoms with Gasteiger partial charge < -0.3 is 5.73 Å². The van der Waals surface area contributed by atoms with E-state index in [9.17, 15) is 0 Å². The van der Waals surface area contributed by atoms with E-state index in [1.54, 1.807) is 12.1 Å². The molecule has 0 amide bonds. The molecule has 0 saturated heterocycles. The summed E-state index contributed by atoms with van der Waals surface area (Å²) in [6, 6.07) is 3.34. The van der Waals surface area contributed by atoms with Gasteiger partial charge in [-0.15, -0.1) is 0 Å². The molecule has 76 valence electrons. The smallest absolute Gasteiger partial charge is 0.208 e. The molecular weight excluding hydrogens is 223 g/mol. The van der Waals surface area contributed by atoms with Crippen LogP contribution in [0.1, 0.15) is 5.56 Å². The summed E-state index contributed by atoms with van der Waals surface area (Å²) in [7, 11) is 0. The van der Waals surface area contributed by atoms with Gasteiger partial charge in [0.2, 0.25) is 5.96 Å². The van der Waals surface area contributed by atoms with E-state index in [2.05, 4.69) is 10.4 Å². The molecule has 0 spiro atoms. The van der Waals surface area contributed by atoms with E-state index in [4.69, 9.17) is 34.8 Å². The summed E-state index contributed by atoms with van der Waals surface area (Å²) >= 11 is 11.8. The number of nitrogens with two attached hydrogens (primary N) is 2. The van der Waals surface area contributed by atoms with Crippen LogP contribution in [0.25, 0.3) is 0 Å². The van der Waals surface area contributed by atoms with E-state index in [0.29, 0.717) is 15.7 Å². The van der Waals surface area contributed by atoms with Crippen LogP contribution in [-0.2, 0) is 0 Å². The summed E-state index contributed by atoms with van der Waals surface area (Å²) in [5, 5.41) is 1.06. The van der Waals surface area contributed by atoms with Crippen molar-refractivity contribution in [3.63, 3.8) is 0 Å². The molecule has 4 nitrogen and oxygen atoms in total. The number of aliphatic imine (C=N–C) groups is 1. The Morgan fingerprint density at radius 2 is 2.00 bits per heavy atom. The van der Waals surface area contributed by atoms with Crippen molar-refractivity contribution in [2.75, 3.05) is 0 Å². The molecular formula is C8H10Cl2N4. The molecule has 0 atom stereocenters. The van der Waals surface area contributed by atoms with Crippen LogP contribution in [0.2, 0.25) is 10.0 Å². The number of nitrogens with one attached hydrogen (secondary N) is 1. The van der Waals surface area contributed by atoms with Gasteiger partial charge in [-0.3, -0.25) is 5.43 Å². The Labute approximate surface area is 91.9 Å². The standard InChI is InChI=1S/C8H10Cl2N4/c1-4-2-6(10)7(3-5(4)9)13-8(11)14-12/h2-3H,12H2,1H3,(H3,11,13,14). The number of halogens is 2. The summed E-state index contributed by atoms with van der Waals surface area (Å²) in [5.74, 6) is 5.13. The van der Waals surface area contributed by atoms with Crippen molar-refractivity contribution >= 4 is 34.8 Å². The first kappa shape index (κ1) is 11.1. The van der Waals surface area contributed by atoms with Gasteiger partial charge in [0.15, 0.2) is 0 Å². The van der Waals surface area contributed by atoms with Gasteiger partial charge in [-0.05, 0) is 24.6 Å². The van der Waals surface area contributed by atoms with Gasteiger partial charge in [0.1, 0.15) is 0 Å². The second-order valence-electron chi connectivity index (χ2n) is 2.69. The number of benzene rings is 1. The monoisotopic (exact) mass is 232 g/mol. The molecule has 0 bridgehead atoms. The average Bonchev–Trinajstić information content (AvgIpc) is 2.14. The fourth-order valence-electron chi connectivity index (χ4n) is 0.884.